The lowest BCUT2D eigenvalue weighted by Gasteiger charge is -2.12. The monoisotopic (exact) mass is 264 g/mol. The van der Waals surface area contributed by atoms with E-state index in [0.29, 0.717) is 11.8 Å². The minimum Gasteiger partial charge on any atom is -0.0622 e. The number of hydrogen-bond donors (Lipinski definition) is 0. The molecule has 0 heteroatoms. The highest BCUT2D eigenvalue weighted by molar-refractivity contribution is 5.82. The van der Waals surface area contributed by atoms with Crippen LogP contribution in [0.1, 0.15) is 50.3 Å². The van der Waals surface area contributed by atoms with E-state index in [1.165, 1.54) is 22.3 Å². The van der Waals surface area contributed by atoms with Gasteiger partial charge in [-0.05, 0) is 34.1 Å². The topological polar surface area (TPSA) is 0 Å². The fourth-order valence-corrected chi connectivity index (χ4v) is 2.37. The lowest BCUT2D eigenvalue weighted by Crippen LogP contribution is -1.94. The third-order valence-electron chi connectivity index (χ3n) is 3.65. The lowest BCUT2D eigenvalue weighted by molar-refractivity contribution is 0.858. The first-order valence-corrected chi connectivity index (χ1v) is 7.45. The van der Waals surface area contributed by atoms with Crippen LogP contribution in [0, 0.1) is 5.92 Å². The highest BCUT2D eigenvalue weighted by Crippen LogP contribution is 2.26. The Hall–Kier alpha value is -1.82. The van der Waals surface area contributed by atoms with Gasteiger partial charge in [0.25, 0.3) is 0 Å². The first-order valence-electron chi connectivity index (χ1n) is 7.45. The van der Waals surface area contributed by atoms with Crippen molar-refractivity contribution in [3.05, 3.63) is 71.3 Å². The standard InChI is InChI=1S/C20H24/c1-15(2)18-12-10-17(11-13-18)14-20(16(3)4)19-8-6-5-7-9-19/h5-16H,1-4H3/b20-14-. The van der Waals surface area contributed by atoms with Gasteiger partial charge in [0.2, 0.25) is 0 Å². The second kappa shape index (κ2) is 6.56. The predicted octanol–water partition coefficient (Wildman–Crippen LogP) is 6.01. The second-order valence-corrected chi connectivity index (χ2v) is 5.94. The summed E-state index contributed by atoms with van der Waals surface area (Å²) in [6.45, 7) is 8.96. The third kappa shape index (κ3) is 3.60. The highest BCUT2D eigenvalue weighted by Gasteiger charge is 2.06. The van der Waals surface area contributed by atoms with E-state index in [-0.39, 0.29) is 0 Å². The summed E-state index contributed by atoms with van der Waals surface area (Å²) in [5, 5.41) is 0. The molecule has 0 nitrogen and oxygen atoms in total. The number of rotatable bonds is 4. The molecule has 0 atom stereocenters. The predicted molar refractivity (Wildman–Crippen MR) is 89.7 cm³/mol. The molecular weight excluding hydrogens is 240 g/mol. The van der Waals surface area contributed by atoms with Crippen LogP contribution in [0.2, 0.25) is 0 Å². The minimum absolute atomic E-state index is 0.516. The fourth-order valence-electron chi connectivity index (χ4n) is 2.37. The van der Waals surface area contributed by atoms with Gasteiger partial charge in [0, 0.05) is 0 Å². The van der Waals surface area contributed by atoms with Gasteiger partial charge in [0.15, 0.2) is 0 Å². The van der Waals surface area contributed by atoms with E-state index >= 15 is 0 Å². The van der Waals surface area contributed by atoms with Gasteiger partial charge >= 0.3 is 0 Å². The van der Waals surface area contributed by atoms with E-state index in [0.717, 1.165) is 0 Å². The molecule has 0 aromatic heterocycles. The zero-order valence-corrected chi connectivity index (χ0v) is 12.9. The first-order chi connectivity index (χ1) is 9.58. The summed E-state index contributed by atoms with van der Waals surface area (Å²) in [6, 6.07) is 19.6. The molecule has 20 heavy (non-hydrogen) atoms. The van der Waals surface area contributed by atoms with E-state index in [2.05, 4.69) is 88.4 Å². The van der Waals surface area contributed by atoms with Crippen molar-refractivity contribution in [2.24, 2.45) is 5.92 Å². The van der Waals surface area contributed by atoms with Crippen molar-refractivity contribution in [3.8, 4) is 0 Å². The van der Waals surface area contributed by atoms with Crippen molar-refractivity contribution in [1.29, 1.82) is 0 Å². The van der Waals surface area contributed by atoms with Crippen LogP contribution in [-0.4, -0.2) is 0 Å². The Labute approximate surface area is 123 Å². The lowest BCUT2D eigenvalue weighted by atomic mass is 9.92. The Morgan fingerprint density at radius 3 is 1.90 bits per heavy atom. The summed E-state index contributed by atoms with van der Waals surface area (Å²) in [7, 11) is 0. The molecule has 0 bridgehead atoms. The van der Waals surface area contributed by atoms with Gasteiger partial charge in [-0.15, -0.1) is 0 Å². The zero-order valence-electron chi connectivity index (χ0n) is 12.9. The molecule has 104 valence electrons. The number of allylic oxidation sites excluding steroid dienone is 1. The van der Waals surface area contributed by atoms with Gasteiger partial charge in [-0.25, -0.2) is 0 Å². The maximum atomic E-state index is 2.31. The molecule has 2 rings (SSSR count). The van der Waals surface area contributed by atoms with Crippen molar-refractivity contribution in [1.82, 2.24) is 0 Å². The van der Waals surface area contributed by atoms with Crippen LogP contribution in [0.5, 0.6) is 0 Å². The van der Waals surface area contributed by atoms with Crippen molar-refractivity contribution in [3.63, 3.8) is 0 Å². The Kier molecular flexibility index (Phi) is 4.79. The molecule has 0 aliphatic heterocycles. The van der Waals surface area contributed by atoms with Gasteiger partial charge in [0.05, 0.1) is 0 Å². The molecule has 0 spiro atoms. The average molecular weight is 264 g/mol. The molecular formula is C20H24. The summed E-state index contributed by atoms with van der Waals surface area (Å²) < 4.78 is 0. The summed E-state index contributed by atoms with van der Waals surface area (Å²) in [5.41, 5.74) is 5.38. The van der Waals surface area contributed by atoms with Gasteiger partial charge < -0.3 is 0 Å². The average Bonchev–Trinajstić information content (AvgIpc) is 2.46. The van der Waals surface area contributed by atoms with Crippen LogP contribution in [0.15, 0.2) is 54.6 Å². The first kappa shape index (κ1) is 14.6. The number of hydrogen-bond acceptors (Lipinski definition) is 0. The molecule has 0 N–H and O–H groups in total. The minimum atomic E-state index is 0.516. The third-order valence-corrected chi connectivity index (χ3v) is 3.65. The Morgan fingerprint density at radius 2 is 1.40 bits per heavy atom. The van der Waals surface area contributed by atoms with Crippen LogP contribution < -0.4 is 0 Å². The smallest absolute Gasteiger partial charge is 0.0213 e. The molecule has 0 heterocycles. The zero-order chi connectivity index (χ0) is 14.5. The van der Waals surface area contributed by atoms with Gasteiger partial charge in [0.1, 0.15) is 0 Å². The molecule has 2 aromatic carbocycles. The second-order valence-electron chi connectivity index (χ2n) is 5.94. The number of benzene rings is 2. The summed E-state index contributed by atoms with van der Waals surface area (Å²) in [4.78, 5) is 0. The SMILES string of the molecule is CC(C)/C(=C/c1ccc(C(C)C)cc1)c1ccccc1. The normalized spacial score (nSPS) is 12.2. The van der Waals surface area contributed by atoms with Crippen molar-refractivity contribution in [2.45, 2.75) is 33.6 Å². The molecule has 0 saturated carbocycles. The van der Waals surface area contributed by atoms with E-state index in [4.69, 9.17) is 0 Å². The fraction of sp³-hybridized carbons (Fsp3) is 0.300. The van der Waals surface area contributed by atoms with Gasteiger partial charge in [-0.3, -0.25) is 0 Å². The van der Waals surface area contributed by atoms with Crippen molar-refractivity contribution < 1.29 is 0 Å². The summed E-state index contributed by atoms with van der Waals surface area (Å²) in [5.74, 6) is 1.11. The van der Waals surface area contributed by atoms with Crippen molar-refractivity contribution >= 4 is 11.6 Å². The van der Waals surface area contributed by atoms with Crippen LogP contribution >= 0.6 is 0 Å². The van der Waals surface area contributed by atoms with E-state index in [9.17, 15) is 0 Å². The molecule has 0 fully saturated rings. The summed E-state index contributed by atoms with van der Waals surface area (Å²) >= 11 is 0. The highest BCUT2D eigenvalue weighted by atomic mass is 14.1. The Morgan fingerprint density at radius 1 is 0.800 bits per heavy atom. The maximum Gasteiger partial charge on any atom is -0.0213 e. The van der Waals surface area contributed by atoms with E-state index in [1.54, 1.807) is 0 Å². The largest absolute Gasteiger partial charge is 0.0622 e. The molecule has 0 aliphatic carbocycles. The van der Waals surface area contributed by atoms with Gasteiger partial charge in [-0.1, -0.05) is 88.4 Å². The van der Waals surface area contributed by atoms with Crippen LogP contribution in [0.25, 0.3) is 11.6 Å². The van der Waals surface area contributed by atoms with Crippen LogP contribution in [0.4, 0.5) is 0 Å². The molecule has 0 radical (unpaired) electrons. The van der Waals surface area contributed by atoms with Crippen molar-refractivity contribution in [2.75, 3.05) is 0 Å². The van der Waals surface area contributed by atoms with Crippen LogP contribution in [-0.2, 0) is 0 Å². The molecule has 0 unspecified atom stereocenters. The molecule has 2 aromatic rings. The quantitative estimate of drug-likeness (QED) is 0.593. The van der Waals surface area contributed by atoms with E-state index < -0.39 is 0 Å². The maximum absolute atomic E-state index is 2.31. The van der Waals surface area contributed by atoms with Gasteiger partial charge in [-0.2, -0.15) is 0 Å². The van der Waals surface area contributed by atoms with Crippen LogP contribution in [0.3, 0.4) is 0 Å². The molecule has 0 amide bonds. The molecule has 0 aliphatic rings. The Bertz CT molecular complexity index is 557. The molecule has 0 saturated heterocycles. The Balaban J connectivity index is 2.34. The van der Waals surface area contributed by atoms with E-state index in [1.807, 2.05) is 0 Å². The summed E-state index contributed by atoms with van der Waals surface area (Å²) in [6.07, 6.45) is 2.31.